The first-order chi connectivity index (χ1) is 18.2. The molecule has 2 aliphatic heterocycles. The van der Waals surface area contributed by atoms with Crippen LogP contribution in [0.25, 0.3) is 0 Å². The lowest BCUT2D eigenvalue weighted by atomic mass is 9.76. The van der Waals surface area contributed by atoms with Gasteiger partial charge >= 0.3 is 13.2 Å². The van der Waals surface area contributed by atoms with Crippen molar-refractivity contribution in [2.24, 2.45) is 0 Å². The average molecular weight is 532 g/mol. The van der Waals surface area contributed by atoms with Crippen LogP contribution in [-0.2, 0) is 38.2 Å². The molecule has 0 saturated carbocycles. The van der Waals surface area contributed by atoms with Crippen LogP contribution >= 0.6 is 0 Å². The highest BCUT2D eigenvalue weighted by molar-refractivity contribution is 6.62. The van der Waals surface area contributed by atoms with Crippen molar-refractivity contribution in [3.05, 3.63) is 64.7 Å². The molecule has 1 aliphatic carbocycles. The van der Waals surface area contributed by atoms with Crippen LogP contribution in [0.15, 0.2) is 42.5 Å². The van der Waals surface area contributed by atoms with E-state index in [1.165, 1.54) is 11.1 Å². The Kier molecular flexibility index (Phi) is 7.09. The van der Waals surface area contributed by atoms with E-state index < -0.39 is 36.1 Å². The first-order valence-electron chi connectivity index (χ1n) is 14.1. The molecule has 2 heterocycles. The molecule has 7 nitrogen and oxygen atoms in total. The second kappa shape index (κ2) is 9.97. The Labute approximate surface area is 232 Å². The van der Waals surface area contributed by atoms with Crippen LogP contribution in [-0.4, -0.2) is 46.9 Å². The zero-order valence-corrected chi connectivity index (χ0v) is 24.3. The first-order valence-corrected chi connectivity index (χ1v) is 14.1. The molecule has 1 unspecified atom stereocenters. The summed E-state index contributed by atoms with van der Waals surface area (Å²) >= 11 is 0. The SMILES string of the molecule is CC(C)(C)OC(=O)N1Cc2cc(B3OC(C)(C)C(C)(C)O3)ccc2CC1C(=O)N[C@@H]1CCCc2ccccc21. The van der Waals surface area contributed by atoms with Gasteiger partial charge in [-0.3, -0.25) is 9.69 Å². The van der Waals surface area contributed by atoms with Crippen molar-refractivity contribution < 1.29 is 23.6 Å². The predicted molar refractivity (Wildman–Crippen MR) is 152 cm³/mol. The van der Waals surface area contributed by atoms with Gasteiger partial charge in [-0.15, -0.1) is 0 Å². The molecule has 1 N–H and O–H groups in total. The topological polar surface area (TPSA) is 77.1 Å². The second-order valence-electron chi connectivity index (χ2n) is 13.1. The minimum Gasteiger partial charge on any atom is -0.444 e. The number of rotatable bonds is 3. The minimum absolute atomic E-state index is 0.0601. The average Bonchev–Trinajstić information content (AvgIpc) is 3.08. The van der Waals surface area contributed by atoms with E-state index in [-0.39, 0.29) is 18.5 Å². The van der Waals surface area contributed by atoms with E-state index in [0.717, 1.165) is 35.9 Å². The van der Waals surface area contributed by atoms with Crippen LogP contribution in [0.2, 0.25) is 0 Å². The summed E-state index contributed by atoms with van der Waals surface area (Å²) in [6, 6.07) is 13.7. The fourth-order valence-corrected chi connectivity index (χ4v) is 5.65. The molecule has 0 aromatic heterocycles. The number of amides is 2. The zero-order chi connectivity index (χ0) is 28.2. The first kappa shape index (κ1) is 27.7. The standard InChI is InChI=1S/C31H41BN2O5/c1-29(2,3)37-28(36)34-19-22-17-23(32-38-30(4,5)31(6,7)39-32)16-15-21(22)18-26(34)27(35)33-25-14-10-12-20-11-8-9-13-24(20)25/h8-9,11,13,15-17,25-26H,10,12,14,18-19H2,1-7H3,(H,33,35)/t25-,26?/m1/s1. The Balaban J connectivity index is 1.41. The lowest BCUT2D eigenvalue weighted by Gasteiger charge is -2.38. The van der Waals surface area contributed by atoms with E-state index in [4.69, 9.17) is 14.0 Å². The van der Waals surface area contributed by atoms with E-state index in [1.807, 2.05) is 78.8 Å². The number of nitrogens with zero attached hydrogens (tertiary/aromatic N) is 1. The van der Waals surface area contributed by atoms with Gasteiger partial charge < -0.3 is 19.4 Å². The van der Waals surface area contributed by atoms with Gasteiger partial charge in [-0.2, -0.15) is 0 Å². The summed E-state index contributed by atoms with van der Waals surface area (Å²) in [5.41, 5.74) is 3.79. The highest BCUT2D eigenvalue weighted by Crippen LogP contribution is 2.37. The van der Waals surface area contributed by atoms with Gasteiger partial charge in [0, 0.05) is 6.42 Å². The summed E-state index contributed by atoms with van der Waals surface area (Å²) in [6.45, 7) is 13.9. The largest absolute Gasteiger partial charge is 0.494 e. The zero-order valence-electron chi connectivity index (χ0n) is 24.3. The Morgan fingerprint density at radius 2 is 1.69 bits per heavy atom. The predicted octanol–water partition coefficient (Wildman–Crippen LogP) is 4.84. The molecule has 0 bridgehead atoms. The maximum absolute atomic E-state index is 13.8. The van der Waals surface area contributed by atoms with Gasteiger partial charge in [0.05, 0.1) is 23.8 Å². The van der Waals surface area contributed by atoms with Crippen molar-refractivity contribution in [3.8, 4) is 0 Å². The maximum atomic E-state index is 13.8. The Morgan fingerprint density at radius 3 is 2.38 bits per heavy atom. The van der Waals surface area contributed by atoms with Crippen LogP contribution in [0.3, 0.4) is 0 Å². The van der Waals surface area contributed by atoms with Crippen molar-refractivity contribution in [3.63, 3.8) is 0 Å². The minimum atomic E-state index is -0.675. The monoisotopic (exact) mass is 532 g/mol. The van der Waals surface area contributed by atoms with Gasteiger partial charge in [0.25, 0.3) is 0 Å². The number of carbonyl (C=O) groups excluding carboxylic acids is 2. The molecular weight excluding hydrogens is 491 g/mol. The van der Waals surface area contributed by atoms with Crippen molar-refractivity contribution >= 4 is 24.6 Å². The molecule has 1 fully saturated rings. The van der Waals surface area contributed by atoms with E-state index in [0.29, 0.717) is 6.42 Å². The quantitative estimate of drug-likeness (QED) is 0.573. The van der Waals surface area contributed by atoms with Crippen LogP contribution in [0, 0.1) is 0 Å². The fraction of sp³-hybridized carbons (Fsp3) is 0.548. The lowest BCUT2D eigenvalue weighted by molar-refractivity contribution is -0.128. The summed E-state index contributed by atoms with van der Waals surface area (Å²) in [5, 5.41) is 3.27. The maximum Gasteiger partial charge on any atom is 0.494 e. The number of aryl methyl sites for hydroxylation is 1. The Morgan fingerprint density at radius 1 is 1.00 bits per heavy atom. The van der Waals surface area contributed by atoms with Crippen molar-refractivity contribution in [2.45, 2.75) is 110 Å². The molecule has 5 rings (SSSR count). The molecular formula is C31H41BN2O5. The summed E-state index contributed by atoms with van der Waals surface area (Å²) in [5.74, 6) is -0.150. The smallest absolute Gasteiger partial charge is 0.444 e. The van der Waals surface area contributed by atoms with Crippen LogP contribution in [0.4, 0.5) is 4.79 Å². The molecule has 8 heteroatoms. The van der Waals surface area contributed by atoms with E-state index in [1.54, 1.807) is 4.90 Å². The summed E-state index contributed by atoms with van der Waals surface area (Å²) in [7, 11) is -0.498. The number of fused-ring (bicyclic) bond motifs is 2. The Bertz CT molecular complexity index is 1250. The number of carbonyl (C=O) groups is 2. The van der Waals surface area contributed by atoms with Crippen molar-refractivity contribution in [2.75, 3.05) is 0 Å². The molecule has 0 radical (unpaired) electrons. The lowest BCUT2D eigenvalue weighted by Crippen LogP contribution is -2.54. The highest BCUT2D eigenvalue weighted by atomic mass is 16.7. The van der Waals surface area contributed by atoms with Crippen molar-refractivity contribution in [1.82, 2.24) is 10.2 Å². The summed E-state index contributed by atoms with van der Waals surface area (Å²) < 4.78 is 18.3. The number of hydrogen-bond donors (Lipinski definition) is 1. The van der Waals surface area contributed by atoms with Gasteiger partial charge in [0.1, 0.15) is 11.6 Å². The van der Waals surface area contributed by atoms with Gasteiger partial charge in [-0.05, 0) is 95.4 Å². The third-order valence-corrected chi connectivity index (χ3v) is 8.50. The van der Waals surface area contributed by atoms with Gasteiger partial charge in [-0.25, -0.2) is 4.79 Å². The van der Waals surface area contributed by atoms with Gasteiger partial charge in [-0.1, -0.05) is 42.5 Å². The Hall–Kier alpha value is -2.84. The summed E-state index contributed by atoms with van der Waals surface area (Å²) in [4.78, 5) is 28.8. The normalized spacial score (nSPS) is 23.6. The third-order valence-electron chi connectivity index (χ3n) is 8.50. The molecule has 2 aromatic carbocycles. The number of hydrogen-bond acceptors (Lipinski definition) is 5. The summed E-state index contributed by atoms with van der Waals surface area (Å²) in [6.07, 6.45) is 2.86. The molecule has 2 aromatic rings. The highest BCUT2D eigenvalue weighted by Gasteiger charge is 2.52. The number of nitrogens with one attached hydrogen (secondary N) is 1. The fourth-order valence-electron chi connectivity index (χ4n) is 5.65. The molecule has 2 amide bonds. The molecule has 208 valence electrons. The molecule has 3 aliphatic rings. The second-order valence-corrected chi connectivity index (χ2v) is 13.1. The third kappa shape index (κ3) is 5.59. The molecule has 2 atom stereocenters. The van der Waals surface area contributed by atoms with Crippen LogP contribution < -0.4 is 10.8 Å². The van der Waals surface area contributed by atoms with E-state index in [9.17, 15) is 9.59 Å². The number of benzene rings is 2. The van der Waals surface area contributed by atoms with E-state index >= 15 is 0 Å². The molecule has 39 heavy (non-hydrogen) atoms. The van der Waals surface area contributed by atoms with E-state index in [2.05, 4.69) is 17.4 Å². The van der Waals surface area contributed by atoms with Crippen LogP contribution in [0.5, 0.6) is 0 Å². The number of ether oxygens (including phenoxy) is 1. The molecule has 0 spiro atoms. The van der Waals surface area contributed by atoms with Crippen LogP contribution in [0.1, 0.15) is 89.6 Å². The van der Waals surface area contributed by atoms with Crippen molar-refractivity contribution in [1.29, 1.82) is 0 Å². The van der Waals surface area contributed by atoms with Gasteiger partial charge in [0.15, 0.2) is 0 Å². The molecule has 1 saturated heterocycles. The van der Waals surface area contributed by atoms with Gasteiger partial charge in [0.2, 0.25) is 5.91 Å².